The molecule has 0 aliphatic heterocycles. The average molecular weight is 349 g/mol. The van der Waals surface area contributed by atoms with Gasteiger partial charge in [0.2, 0.25) is 0 Å². The van der Waals surface area contributed by atoms with Gasteiger partial charge in [0.25, 0.3) is 5.91 Å². The maximum Gasteiger partial charge on any atom is 0.339 e. The zero-order valence-electron chi connectivity index (χ0n) is 14.5. The largest absolute Gasteiger partial charge is 0.478 e. The van der Waals surface area contributed by atoms with E-state index in [9.17, 15) is 14.0 Å². The van der Waals surface area contributed by atoms with Gasteiger partial charge in [-0.25, -0.2) is 9.18 Å². The zero-order valence-corrected chi connectivity index (χ0v) is 14.5. The predicted octanol–water partition coefficient (Wildman–Crippen LogP) is 3.24. The summed E-state index contributed by atoms with van der Waals surface area (Å²) >= 11 is 0. The Morgan fingerprint density at radius 2 is 1.88 bits per heavy atom. The van der Waals surface area contributed by atoms with Crippen LogP contribution in [-0.4, -0.2) is 34.5 Å². The third-order valence-electron chi connectivity index (χ3n) is 3.64. The van der Waals surface area contributed by atoms with Crippen molar-refractivity contribution >= 4 is 11.9 Å². The summed E-state index contributed by atoms with van der Waals surface area (Å²) < 4.78 is 24.0. The molecular formula is C18H20FNO5. The molecule has 1 heterocycles. The number of benzene rings is 1. The monoisotopic (exact) mass is 349 g/mol. The lowest BCUT2D eigenvalue weighted by atomic mass is 10.1. The average Bonchev–Trinajstić information content (AvgIpc) is 2.89. The molecule has 0 unspecified atom stereocenters. The SMILES string of the molecule is Cc1oc(CN(C)C(=O)C(C)(C)Oc2ccc(F)cc2)cc1C(=O)O. The summed E-state index contributed by atoms with van der Waals surface area (Å²) in [5, 5.41) is 9.05. The van der Waals surface area contributed by atoms with Crippen LogP contribution >= 0.6 is 0 Å². The number of carboxylic acid groups (broad SMARTS) is 1. The van der Waals surface area contributed by atoms with Gasteiger partial charge in [0, 0.05) is 7.05 Å². The second-order valence-electron chi connectivity index (χ2n) is 6.22. The van der Waals surface area contributed by atoms with Gasteiger partial charge in [-0.3, -0.25) is 4.79 Å². The number of rotatable bonds is 6. The van der Waals surface area contributed by atoms with Crippen LogP contribution in [-0.2, 0) is 11.3 Å². The minimum absolute atomic E-state index is 0.0673. The van der Waals surface area contributed by atoms with E-state index < -0.39 is 17.4 Å². The molecule has 0 radical (unpaired) electrons. The summed E-state index contributed by atoms with van der Waals surface area (Å²) in [5.74, 6) is -0.788. The highest BCUT2D eigenvalue weighted by molar-refractivity contribution is 5.89. The van der Waals surface area contributed by atoms with Crippen molar-refractivity contribution in [2.45, 2.75) is 32.9 Å². The molecule has 0 atom stereocenters. The molecule has 134 valence electrons. The van der Waals surface area contributed by atoms with Crippen LogP contribution in [0.2, 0.25) is 0 Å². The number of halogens is 1. The minimum atomic E-state index is -1.19. The second kappa shape index (κ2) is 6.96. The van der Waals surface area contributed by atoms with E-state index in [0.29, 0.717) is 11.5 Å². The van der Waals surface area contributed by atoms with Gasteiger partial charge in [-0.1, -0.05) is 0 Å². The standard InChI is InChI=1S/C18H20FNO5/c1-11-15(16(21)22)9-14(24-11)10-20(4)17(23)18(2,3)25-13-7-5-12(19)6-8-13/h5-9H,10H2,1-4H3,(H,21,22). The fourth-order valence-corrected chi connectivity index (χ4v) is 2.44. The first-order valence-electron chi connectivity index (χ1n) is 7.63. The summed E-state index contributed by atoms with van der Waals surface area (Å²) in [6.07, 6.45) is 0. The number of hydrogen-bond acceptors (Lipinski definition) is 4. The Hall–Kier alpha value is -2.83. The van der Waals surface area contributed by atoms with Gasteiger partial charge in [0.15, 0.2) is 5.60 Å². The van der Waals surface area contributed by atoms with Crippen LogP contribution in [0.15, 0.2) is 34.7 Å². The van der Waals surface area contributed by atoms with E-state index in [1.807, 2.05) is 0 Å². The third-order valence-corrected chi connectivity index (χ3v) is 3.64. The van der Waals surface area contributed by atoms with Gasteiger partial charge < -0.3 is 19.2 Å². The molecule has 0 spiro atoms. The highest BCUT2D eigenvalue weighted by atomic mass is 19.1. The topological polar surface area (TPSA) is 80.0 Å². The smallest absolute Gasteiger partial charge is 0.339 e. The van der Waals surface area contributed by atoms with Crippen LogP contribution in [0.3, 0.4) is 0 Å². The lowest BCUT2D eigenvalue weighted by Gasteiger charge is -2.29. The first kappa shape index (κ1) is 18.5. The summed E-state index contributed by atoms with van der Waals surface area (Å²) in [6, 6.07) is 6.78. The Morgan fingerprint density at radius 3 is 2.40 bits per heavy atom. The van der Waals surface area contributed by atoms with Crippen molar-refractivity contribution in [3.05, 3.63) is 53.2 Å². The first-order valence-corrected chi connectivity index (χ1v) is 7.63. The quantitative estimate of drug-likeness (QED) is 0.866. The Morgan fingerprint density at radius 1 is 1.28 bits per heavy atom. The maximum absolute atomic E-state index is 13.0. The molecule has 0 fully saturated rings. The normalized spacial score (nSPS) is 11.2. The summed E-state index contributed by atoms with van der Waals surface area (Å²) in [6.45, 7) is 4.86. The van der Waals surface area contributed by atoms with E-state index in [1.54, 1.807) is 27.8 Å². The van der Waals surface area contributed by atoms with Crippen LogP contribution in [0.25, 0.3) is 0 Å². The number of aromatic carboxylic acids is 1. The van der Waals surface area contributed by atoms with Gasteiger partial charge in [-0.2, -0.15) is 0 Å². The maximum atomic E-state index is 13.0. The Bertz CT molecular complexity index is 779. The van der Waals surface area contributed by atoms with E-state index in [-0.39, 0.29) is 23.8 Å². The van der Waals surface area contributed by atoms with Gasteiger partial charge >= 0.3 is 5.97 Å². The zero-order chi connectivity index (χ0) is 18.8. The molecular weight excluding hydrogens is 329 g/mol. The molecule has 1 aromatic carbocycles. The Labute approximate surface area is 144 Å². The van der Waals surface area contributed by atoms with Crippen molar-refractivity contribution in [2.24, 2.45) is 0 Å². The molecule has 0 aliphatic rings. The summed E-state index contributed by atoms with van der Waals surface area (Å²) in [4.78, 5) is 25.1. The van der Waals surface area contributed by atoms with Crippen LogP contribution in [0.4, 0.5) is 4.39 Å². The van der Waals surface area contributed by atoms with E-state index in [2.05, 4.69) is 0 Å². The molecule has 0 saturated heterocycles. The molecule has 6 nitrogen and oxygen atoms in total. The number of carbonyl (C=O) groups is 2. The van der Waals surface area contributed by atoms with Gasteiger partial charge in [-0.15, -0.1) is 0 Å². The molecule has 0 saturated carbocycles. The highest BCUT2D eigenvalue weighted by Gasteiger charge is 2.33. The number of carbonyl (C=O) groups excluding carboxylic acids is 1. The molecule has 2 aromatic rings. The molecule has 2 rings (SSSR count). The number of hydrogen-bond donors (Lipinski definition) is 1. The van der Waals surface area contributed by atoms with Crippen molar-refractivity contribution in [2.75, 3.05) is 7.05 Å². The molecule has 25 heavy (non-hydrogen) atoms. The third kappa shape index (κ3) is 4.37. The van der Waals surface area contributed by atoms with E-state index in [1.165, 1.54) is 35.2 Å². The highest BCUT2D eigenvalue weighted by Crippen LogP contribution is 2.22. The second-order valence-corrected chi connectivity index (χ2v) is 6.22. The molecule has 0 bridgehead atoms. The van der Waals surface area contributed by atoms with Gasteiger partial charge in [-0.05, 0) is 51.1 Å². The first-order chi connectivity index (χ1) is 11.6. The number of furan rings is 1. The Kier molecular flexibility index (Phi) is 5.15. The van der Waals surface area contributed by atoms with Crippen molar-refractivity contribution < 1.29 is 28.2 Å². The van der Waals surface area contributed by atoms with Crippen molar-refractivity contribution in [3.63, 3.8) is 0 Å². The number of ether oxygens (including phenoxy) is 1. The van der Waals surface area contributed by atoms with Crippen LogP contribution in [0.5, 0.6) is 5.75 Å². The van der Waals surface area contributed by atoms with Crippen molar-refractivity contribution in [3.8, 4) is 5.75 Å². The van der Waals surface area contributed by atoms with Crippen molar-refractivity contribution in [1.82, 2.24) is 4.90 Å². The number of carboxylic acids is 1. The van der Waals surface area contributed by atoms with E-state index in [4.69, 9.17) is 14.3 Å². The lowest BCUT2D eigenvalue weighted by Crippen LogP contribution is -2.47. The predicted molar refractivity (Wildman–Crippen MR) is 88.0 cm³/mol. The fourth-order valence-electron chi connectivity index (χ4n) is 2.44. The molecule has 7 heteroatoms. The van der Waals surface area contributed by atoms with Crippen LogP contribution < -0.4 is 4.74 Å². The number of likely N-dealkylation sites (N-methyl/N-ethyl adjacent to an activating group) is 1. The molecule has 1 amide bonds. The minimum Gasteiger partial charge on any atom is -0.478 e. The fraction of sp³-hybridized carbons (Fsp3) is 0.333. The molecule has 0 aliphatic carbocycles. The van der Waals surface area contributed by atoms with Crippen LogP contribution in [0.1, 0.15) is 35.7 Å². The molecule has 1 aromatic heterocycles. The lowest BCUT2D eigenvalue weighted by molar-refractivity contribution is -0.144. The van der Waals surface area contributed by atoms with Gasteiger partial charge in [0.1, 0.15) is 28.7 Å². The van der Waals surface area contributed by atoms with E-state index in [0.717, 1.165) is 0 Å². The van der Waals surface area contributed by atoms with Gasteiger partial charge in [0.05, 0.1) is 6.54 Å². The Balaban J connectivity index is 2.08. The number of nitrogens with zero attached hydrogens (tertiary/aromatic N) is 1. The van der Waals surface area contributed by atoms with Crippen LogP contribution in [0, 0.1) is 12.7 Å². The van der Waals surface area contributed by atoms with E-state index >= 15 is 0 Å². The summed E-state index contributed by atoms with van der Waals surface area (Å²) in [7, 11) is 1.57. The number of amides is 1. The number of aryl methyl sites for hydroxylation is 1. The van der Waals surface area contributed by atoms with Crippen molar-refractivity contribution in [1.29, 1.82) is 0 Å². The summed E-state index contributed by atoms with van der Waals surface area (Å²) in [5.41, 5.74) is -1.12. The molecule has 1 N–H and O–H groups in total.